The zero-order chi connectivity index (χ0) is 50.1. The molecule has 2 aromatic heterocycles. The molecule has 8 aromatic rings. The third-order valence-electron chi connectivity index (χ3n) is 15.0. The molecule has 2 saturated heterocycles. The lowest BCUT2D eigenvalue weighted by atomic mass is 9.77. The summed E-state index contributed by atoms with van der Waals surface area (Å²) in [5.41, 5.74) is 5.63. The maximum Gasteiger partial charge on any atom is 0.335 e. The van der Waals surface area contributed by atoms with Crippen LogP contribution in [0.25, 0.3) is 11.2 Å². The fraction of sp³-hybridized carbons (Fsp3) is 0.317. The Bertz CT molecular complexity index is 2810. The molecule has 4 heterocycles. The Morgan fingerprint density at radius 1 is 0.542 bits per heavy atom. The number of rotatable bonds is 15. The summed E-state index contributed by atoms with van der Waals surface area (Å²) in [6, 6.07) is 63.0. The molecule has 0 bridgehead atoms. The number of benzene rings is 6. The Labute approximate surface area is 427 Å². The Balaban J connectivity index is 1.19. The minimum atomic E-state index is -3.21. The smallest absolute Gasteiger partial charge is 0.335 e. The first kappa shape index (κ1) is 49.5. The van der Waals surface area contributed by atoms with Crippen molar-refractivity contribution in [1.82, 2.24) is 19.5 Å². The molecular formula is C60H67N5O5Si2. The highest BCUT2D eigenvalue weighted by atomic mass is 28.5. The molecule has 0 aliphatic carbocycles. The Morgan fingerprint density at radius 2 is 0.958 bits per heavy atom. The molecule has 0 amide bonds. The monoisotopic (exact) mass is 993 g/mol. The molecule has 2 aliphatic rings. The second kappa shape index (κ2) is 20.4. The first-order valence-electron chi connectivity index (χ1n) is 25.6. The van der Waals surface area contributed by atoms with E-state index in [0.717, 1.165) is 33.4 Å². The van der Waals surface area contributed by atoms with Gasteiger partial charge in [0.25, 0.3) is 0 Å². The van der Waals surface area contributed by atoms with Gasteiger partial charge in [0.1, 0.15) is 35.8 Å². The minimum Gasteiger partial charge on any atom is -0.414 e. The molecule has 0 saturated carbocycles. The molecule has 0 unspecified atom stereocenters. The molecule has 12 heteroatoms. The van der Waals surface area contributed by atoms with Crippen molar-refractivity contribution in [2.45, 2.75) is 113 Å². The fourth-order valence-corrected chi connectivity index (χ4v) is 22.7. The van der Waals surface area contributed by atoms with Crippen molar-refractivity contribution in [3.63, 3.8) is 0 Å². The van der Waals surface area contributed by atoms with Crippen LogP contribution in [0, 0.1) is 0 Å². The standard InChI is InChI=1S/C60H67N5O5Si2/c1-42(2)71(43(3)4)66-39-52-54(69-72(70-71,44(5)6)45(7)8)55(68-60(49-33-21-12-22-34-49,50-35-23-13-24-36-50)51-37-25-14-26-38-51)58(67-52)65-41-63-53-56(61-40-62-57(53)65)64-59(46-27-15-9-16-28-46,47-29-17-10-18-30-47)48-31-19-11-20-32-48/h9-38,40-45,52,54-55,58H,39H2,1-8H3,(H,61,62,64)/t52-,54-,55-,58-/m1/s1. The average Bonchev–Trinajstić information content (AvgIpc) is 3.99. The summed E-state index contributed by atoms with van der Waals surface area (Å²) < 4.78 is 40.8. The van der Waals surface area contributed by atoms with Crippen LogP contribution in [0.15, 0.2) is 195 Å². The number of fused-ring (bicyclic) bond motifs is 2. The van der Waals surface area contributed by atoms with E-state index in [4.69, 9.17) is 37.4 Å². The highest BCUT2D eigenvalue weighted by Crippen LogP contribution is 2.52. The van der Waals surface area contributed by atoms with Gasteiger partial charge in [-0.3, -0.25) is 4.57 Å². The van der Waals surface area contributed by atoms with Gasteiger partial charge in [0.05, 0.1) is 12.9 Å². The number of anilines is 1. The first-order chi connectivity index (χ1) is 34.9. The van der Waals surface area contributed by atoms with Gasteiger partial charge in [0, 0.05) is 0 Å². The van der Waals surface area contributed by atoms with E-state index >= 15 is 0 Å². The van der Waals surface area contributed by atoms with Crippen molar-refractivity contribution in [2.24, 2.45) is 0 Å². The van der Waals surface area contributed by atoms with Gasteiger partial charge in [-0.2, -0.15) is 0 Å². The number of ether oxygens (including phenoxy) is 2. The van der Waals surface area contributed by atoms with Crippen molar-refractivity contribution in [1.29, 1.82) is 0 Å². The third-order valence-corrected chi connectivity index (χ3v) is 25.3. The van der Waals surface area contributed by atoms with Crippen molar-refractivity contribution >= 4 is 34.1 Å². The predicted molar refractivity (Wildman–Crippen MR) is 290 cm³/mol. The van der Waals surface area contributed by atoms with Crippen LogP contribution in [0.1, 0.15) is 95.0 Å². The van der Waals surface area contributed by atoms with Gasteiger partial charge in [-0.25, -0.2) is 15.0 Å². The third kappa shape index (κ3) is 8.56. The van der Waals surface area contributed by atoms with Gasteiger partial charge in [0.15, 0.2) is 23.2 Å². The molecule has 0 radical (unpaired) electrons. The van der Waals surface area contributed by atoms with Gasteiger partial charge < -0.3 is 27.8 Å². The van der Waals surface area contributed by atoms with Gasteiger partial charge in [-0.1, -0.05) is 237 Å². The van der Waals surface area contributed by atoms with Gasteiger partial charge in [-0.05, 0) is 55.5 Å². The second-order valence-electron chi connectivity index (χ2n) is 20.5. The molecule has 1 N–H and O–H groups in total. The first-order valence-corrected chi connectivity index (χ1v) is 29.5. The number of nitrogens with one attached hydrogen (secondary N) is 1. The number of aromatic nitrogens is 4. The van der Waals surface area contributed by atoms with E-state index < -0.39 is 52.8 Å². The number of hydrogen-bond donors (Lipinski definition) is 1. The summed E-state index contributed by atoms with van der Waals surface area (Å²) in [6.45, 7) is 18.3. The van der Waals surface area contributed by atoms with Crippen LogP contribution in [0.2, 0.25) is 22.2 Å². The fourth-order valence-electron chi connectivity index (χ4n) is 11.5. The summed E-state index contributed by atoms with van der Waals surface area (Å²) in [7, 11) is -6.15. The molecule has 2 aliphatic heterocycles. The van der Waals surface area contributed by atoms with Crippen LogP contribution < -0.4 is 5.32 Å². The zero-order valence-electron chi connectivity index (χ0n) is 42.6. The Hall–Kier alpha value is -6.10. The van der Waals surface area contributed by atoms with Crippen molar-refractivity contribution in [3.8, 4) is 0 Å². The Kier molecular flexibility index (Phi) is 14.0. The second-order valence-corrected chi connectivity index (χ2v) is 29.3. The van der Waals surface area contributed by atoms with Crippen LogP contribution in [0.4, 0.5) is 5.82 Å². The molecule has 4 atom stereocenters. The lowest BCUT2D eigenvalue weighted by molar-refractivity contribution is -0.121. The normalized spacial score (nSPS) is 20.2. The van der Waals surface area contributed by atoms with Gasteiger partial charge in [0.2, 0.25) is 0 Å². The number of imidazole rings is 1. The van der Waals surface area contributed by atoms with E-state index in [0.29, 0.717) is 17.0 Å². The topological polar surface area (TPSA) is 102 Å². The maximum atomic E-state index is 8.16. The van der Waals surface area contributed by atoms with E-state index in [9.17, 15) is 0 Å². The molecule has 72 heavy (non-hydrogen) atoms. The highest BCUT2D eigenvalue weighted by molar-refractivity contribution is 6.84. The lowest BCUT2D eigenvalue weighted by Gasteiger charge is -2.51. The van der Waals surface area contributed by atoms with Crippen LogP contribution >= 0.6 is 0 Å². The summed E-state index contributed by atoms with van der Waals surface area (Å²) in [5.74, 6) is 0.563. The summed E-state index contributed by atoms with van der Waals surface area (Å²) >= 11 is 0. The highest BCUT2D eigenvalue weighted by Gasteiger charge is 2.63. The van der Waals surface area contributed by atoms with Crippen molar-refractivity contribution in [3.05, 3.63) is 228 Å². The molecule has 0 spiro atoms. The molecule has 6 aromatic carbocycles. The molecular weight excluding hydrogens is 927 g/mol. The number of nitrogens with zero attached hydrogens (tertiary/aromatic N) is 4. The Morgan fingerprint density at radius 3 is 1.38 bits per heavy atom. The van der Waals surface area contributed by atoms with E-state index in [1.54, 1.807) is 6.33 Å². The van der Waals surface area contributed by atoms with Crippen molar-refractivity contribution < 1.29 is 22.4 Å². The quantitative estimate of drug-likeness (QED) is 0.0795. The molecule has 10 rings (SSSR count). The summed E-state index contributed by atoms with van der Waals surface area (Å²) in [4.78, 5) is 15.2. The summed E-state index contributed by atoms with van der Waals surface area (Å²) in [5, 5.41) is 3.98. The molecule has 2 fully saturated rings. The van der Waals surface area contributed by atoms with Crippen LogP contribution in [0.5, 0.6) is 0 Å². The van der Waals surface area contributed by atoms with E-state index in [2.05, 4.69) is 206 Å². The minimum absolute atomic E-state index is 0.0700. The van der Waals surface area contributed by atoms with Crippen molar-refractivity contribution in [2.75, 3.05) is 11.9 Å². The van der Waals surface area contributed by atoms with E-state index in [1.807, 2.05) is 47.3 Å². The lowest BCUT2D eigenvalue weighted by Crippen LogP contribution is -2.66. The van der Waals surface area contributed by atoms with Gasteiger partial charge in [-0.15, -0.1) is 0 Å². The largest absolute Gasteiger partial charge is 0.414 e. The van der Waals surface area contributed by atoms with E-state index in [1.165, 1.54) is 0 Å². The molecule has 370 valence electrons. The van der Waals surface area contributed by atoms with Crippen LogP contribution in [-0.2, 0) is 33.6 Å². The summed E-state index contributed by atoms with van der Waals surface area (Å²) in [6.07, 6.45) is 0.693. The van der Waals surface area contributed by atoms with Gasteiger partial charge >= 0.3 is 17.1 Å². The zero-order valence-corrected chi connectivity index (χ0v) is 44.6. The molecule has 10 nitrogen and oxygen atoms in total. The van der Waals surface area contributed by atoms with E-state index in [-0.39, 0.29) is 28.8 Å². The SMILES string of the molecule is CC(C)[Si]1(C(C)C)OC[C@H]2O[C@@H](n3cnc4c(NC(c5ccccc5)(c5ccccc5)c5ccccc5)ncnc43)[C@H](OC(c3ccccc3)(c3ccccc3)c3ccccc3)[C@@H]2O[Si](C(C)C)(C(C)C)O1. The predicted octanol–water partition coefficient (Wildman–Crippen LogP) is 13.5. The average molecular weight is 994 g/mol. The van der Waals surface area contributed by atoms with Crippen LogP contribution in [-0.4, -0.2) is 61.6 Å². The van der Waals surface area contributed by atoms with Crippen LogP contribution in [0.3, 0.4) is 0 Å². The number of hydrogen-bond acceptors (Lipinski definition) is 9. The maximum absolute atomic E-state index is 8.16.